The molecule has 2 amide bonds. The predicted octanol–water partition coefficient (Wildman–Crippen LogP) is 3.89. The van der Waals surface area contributed by atoms with Gasteiger partial charge in [-0.1, -0.05) is 44.2 Å². The van der Waals surface area contributed by atoms with Crippen molar-refractivity contribution in [3.8, 4) is 5.75 Å². The number of nitrogens with one attached hydrogen (secondary N) is 1. The number of ether oxygens (including phenoxy) is 1. The molecule has 8 heteroatoms. The van der Waals surface area contributed by atoms with Gasteiger partial charge >= 0.3 is 0 Å². The monoisotopic (exact) mass is 511 g/mol. The van der Waals surface area contributed by atoms with E-state index in [0.717, 1.165) is 48.6 Å². The van der Waals surface area contributed by atoms with Gasteiger partial charge in [-0.15, -0.1) is 0 Å². The molecule has 1 N–H and O–H groups in total. The largest absolute Gasteiger partial charge is 0.489 e. The summed E-state index contributed by atoms with van der Waals surface area (Å²) in [5.41, 5.74) is 3.67. The van der Waals surface area contributed by atoms with Crippen molar-refractivity contribution in [2.75, 3.05) is 32.4 Å². The molecule has 2 aromatic rings. The third-order valence-electron chi connectivity index (χ3n) is 6.57. The van der Waals surface area contributed by atoms with Gasteiger partial charge in [0.1, 0.15) is 24.7 Å². The molecule has 1 atom stereocenters. The fourth-order valence-electron chi connectivity index (χ4n) is 4.35. The molecule has 3 rings (SSSR count). The summed E-state index contributed by atoms with van der Waals surface area (Å²) in [6.07, 6.45) is 1.28. The number of rotatable bonds is 15. The summed E-state index contributed by atoms with van der Waals surface area (Å²) in [5.74, 6) is 2.27. The Morgan fingerprint density at radius 1 is 1.17 bits per heavy atom. The highest BCUT2D eigenvalue weighted by molar-refractivity contribution is 7.98. The molecular formula is C28H37N3O4S. The second-order valence-electron chi connectivity index (χ2n) is 8.77. The second kappa shape index (κ2) is 14.0. The van der Waals surface area contributed by atoms with E-state index >= 15 is 0 Å². The average molecular weight is 512 g/mol. The maximum absolute atomic E-state index is 13.1. The topological polar surface area (TPSA) is 79.0 Å². The standard InChI is InChI=1S/C28H37N3O4S/c1-4-30(5-2)15-17-36-20-22-13-11-21(12-14-22)19-35-26-10-6-8-23-24(26)18-31(28(23)34)25(9-7-16-32)27(33)29-3/h6,8,10-14,16,25H,4-5,7,9,15,17-20H2,1-3H3,(H,29,33). The molecule has 1 heterocycles. The molecule has 0 saturated heterocycles. The van der Waals surface area contributed by atoms with Crippen LogP contribution in [0.5, 0.6) is 5.75 Å². The number of benzene rings is 2. The minimum absolute atomic E-state index is 0.210. The first-order chi connectivity index (χ1) is 17.5. The Balaban J connectivity index is 1.58. The van der Waals surface area contributed by atoms with Crippen LogP contribution in [0.4, 0.5) is 0 Å². The van der Waals surface area contributed by atoms with E-state index in [1.165, 1.54) is 17.5 Å². The molecule has 1 unspecified atom stereocenters. The lowest BCUT2D eigenvalue weighted by Gasteiger charge is -2.25. The van der Waals surface area contributed by atoms with Gasteiger partial charge < -0.3 is 24.6 Å². The van der Waals surface area contributed by atoms with Gasteiger partial charge in [-0.05, 0) is 42.8 Å². The van der Waals surface area contributed by atoms with Crippen molar-refractivity contribution in [3.63, 3.8) is 0 Å². The van der Waals surface area contributed by atoms with E-state index in [4.69, 9.17) is 4.74 Å². The first-order valence-corrected chi connectivity index (χ1v) is 13.8. The van der Waals surface area contributed by atoms with Crippen molar-refractivity contribution in [3.05, 3.63) is 64.7 Å². The first-order valence-electron chi connectivity index (χ1n) is 12.6. The van der Waals surface area contributed by atoms with Crippen LogP contribution in [0.2, 0.25) is 0 Å². The molecule has 0 radical (unpaired) electrons. The van der Waals surface area contributed by atoms with Crippen LogP contribution in [0.3, 0.4) is 0 Å². The summed E-state index contributed by atoms with van der Waals surface area (Å²) in [4.78, 5) is 40.3. The molecule has 0 aliphatic carbocycles. The van der Waals surface area contributed by atoms with Crippen molar-refractivity contribution in [2.45, 2.75) is 51.6 Å². The van der Waals surface area contributed by atoms with Gasteiger partial charge in [-0.2, -0.15) is 11.8 Å². The van der Waals surface area contributed by atoms with E-state index < -0.39 is 6.04 Å². The van der Waals surface area contributed by atoms with E-state index in [1.54, 1.807) is 12.1 Å². The SMILES string of the molecule is CCN(CC)CCSCc1ccc(COc2cccc3c2CN(C(CCC=O)C(=O)NC)C3=O)cc1. The molecule has 0 aromatic heterocycles. The number of nitrogens with zero attached hydrogens (tertiary/aromatic N) is 2. The third-order valence-corrected chi connectivity index (χ3v) is 7.58. The molecule has 1 aliphatic heterocycles. The lowest BCUT2D eigenvalue weighted by atomic mass is 10.1. The summed E-state index contributed by atoms with van der Waals surface area (Å²) in [6.45, 7) is 8.38. The lowest BCUT2D eigenvalue weighted by Crippen LogP contribution is -2.46. The normalized spacial score (nSPS) is 13.6. The molecule has 0 spiro atoms. The number of amides is 2. The van der Waals surface area contributed by atoms with Crippen LogP contribution >= 0.6 is 11.8 Å². The molecule has 0 bridgehead atoms. The Bertz CT molecular complexity index is 1020. The molecule has 1 aliphatic rings. The van der Waals surface area contributed by atoms with Gasteiger partial charge in [0.2, 0.25) is 5.91 Å². The predicted molar refractivity (Wildman–Crippen MR) is 144 cm³/mol. The van der Waals surface area contributed by atoms with Gasteiger partial charge in [-0.25, -0.2) is 0 Å². The highest BCUT2D eigenvalue weighted by atomic mass is 32.2. The van der Waals surface area contributed by atoms with Crippen molar-refractivity contribution in [2.24, 2.45) is 0 Å². The van der Waals surface area contributed by atoms with E-state index in [-0.39, 0.29) is 24.8 Å². The minimum atomic E-state index is -0.689. The molecule has 36 heavy (non-hydrogen) atoms. The lowest BCUT2D eigenvalue weighted by molar-refractivity contribution is -0.125. The van der Waals surface area contributed by atoms with Crippen LogP contribution in [0, 0.1) is 0 Å². The number of thioether (sulfide) groups is 1. The van der Waals surface area contributed by atoms with Crippen molar-refractivity contribution >= 4 is 29.9 Å². The van der Waals surface area contributed by atoms with Gasteiger partial charge in [-0.3, -0.25) is 9.59 Å². The van der Waals surface area contributed by atoms with Crippen LogP contribution in [-0.2, 0) is 28.5 Å². The van der Waals surface area contributed by atoms with Crippen molar-refractivity contribution in [1.29, 1.82) is 0 Å². The first kappa shape index (κ1) is 27.7. The van der Waals surface area contributed by atoms with E-state index in [0.29, 0.717) is 24.3 Å². The number of likely N-dealkylation sites (N-methyl/N-ethyl adjacent to an activating group) is 1. The summed E-state index contributed by atoms with van der Waals surface area (Å²) in [7, 11) is 1.54. The quantitative estimate of drug-likeness (QED) is 0.289. The minimum Gasteiger partial charge on any atom is -0.489 e. The summed E-state index contributed by atoms with van der Waals surface area (Å²) in [5, 5.41) is 2.61. The number of aldehydes is 1. The van der Waals surface area contributed by atoms with Crippen LogP contribution < -0.4 is 10.1 Å². The van der Waals surface area contributed by atoms with Crippen LogP contribution in [0.1, 0.15) is 53.7 Å². The fourth-order valence-corrected chi connectivity index (χ4v) is 5.31. The molecular weight excluding hydrogens is 474 g/mol. The molecule has 0 saturated carbocycles. The highest BCUT2D eigenvalue weighted by Gasteiger charge is 2.37. The van der Waals surface area contributed by atoms with Crippen molar-refractivity contribution < 1.29 is 19.1 Å². The number of hydrogen-bond donors (Lipinski definition) is 1. The second-order valence-corrected chi connectivity index (χ2v) is 9.88. The number of hydrogen-bond acceptors (Lipinski definition) is 6. The van der Waals surface area contributed by atoms with Gasteiger partial charge in [0.25, 0.3) is 5.91 Å². The molecule has 194 valence electrons. The van der Waals surface area contributed by atoms with Crippen LogP contribution in [0.25, 0.3) is 0 Å². The number of carbonyl (C=O) groups excluding carboxylic acids is 3. The van der Waals surface area contributed by atoms with Crippen LogP contribution in [-0.4, -0.2) is 66.4 Å². The average Bonchev–Trinajstić information content (AvgIpc) is 3.25. The van der Waals surface area contributed by atoms with E-state index in [2.05, 4.69) is 48.3 Å². The Labute approximate surface area is 218 Å². The van der Waals surface area contributed by atoms with Gasteiger partial charge in [0, 0.05) is 42.6 Å². The van der Waals surface area contributed by atoms with Gasteiger partial charge in [0.05, 0.1) is 6.54 Å². The molecule has 2 aromatic carbocycles. The Kier molecular flexibility index (Phi) is 10.8. The Morgan fingerprint density at radius 2 is 1.89 bits per heavy atom. The zero-order valence-corrected chi connectivity index (χ0v) is 22.3. The Morgan fingerprint density at radius 3 is 2.56 bits per heavy atom. The zero-order chi connectivity index (χ0) is 25.9. The Hall–Kier alpha value is -2.84. The summed E-state index contributed by atoms with van der Waals surface area (Å²) in [6, 6.07) is 13.2. The smallest absolute Gasteiger partial charge is 0.255 e. The van der Waals surface area contributed by atoms with Gasteiger partial charge in [0.15, 0.2) is 0 Å². The maximum atomic E-state index is 13.1. The number of fused-ring (bicyclic) bond motifs is 1. The molecule has 0 fully saturated rings. The van der Waals surface area contributed by atoms with Crippen LogP contribution in [0.15, 0.2) is 42.5 Å². The molecule has 7 nitrogen and oxygen atoms in total. The summed E-state index contributed by atoms with van der Waals surface area (Å²) < 4.78 is 6.12. The van der Waals surface area contributed by atoms with Crippen molar-refractivity contribution in [1.82, 2.24) is 15.1 Å². The summed E-state index contributed by atoms with van der Waals surface area (Å²) >= 11 is 1.95. The third kappa shape index (κ3) is 7.11. The number of carbonyl (C=O) groups is 3. The fraction of sp³-hybridized carbons (Fsp3) is 0.464. The highest BCUT2D eigenvalue weighted by Crippen LogP contribution is 2.33. The maximum Gasteiger partial charge on any atom is 0.255 e. The zero-order valence-electron chi connectivity index (χ0n) is 21.5. The van der Waals surface area contributed by atoms with E-state index in [1.807, 2.05) is 17.8 Å². The van der Waals surface area contributed by atoms with E-state index in [9.17, 15) is 14.4 Å².